The second-order valence-electron chi connectivity index (χ2n) is 6.55. The van der Waals surface area contributed by atoms with E-state index in [-0.39, 0.29) is 34.9 Å². The fourth-order valence-electron chi connectivity index (χ4n) is 3.13. The summed E-state index contributed by atoms with van der Waals surface area (Å²) in [6.07, 6.45) is 5.77. The van der Waals surface area contributed by atoms with Crippen molar-refractivity contribution in [3.8, 4) is 0 Å². The highest BCUT2D eigenvalue weighted by Crippen LogP contribution is 2.32. The lowest BCUT2D eigenvalue weighted by molar-refractivity contribution is -0.115. The first-order chi connectivity index (χ1) is 12.5. The van der Waals surface area contributed by atoms with Gasteiger partial charge in [0.25, 0.3) is 0 Å². The Morgan fingerprint density at radius 2 is 1.85 bits per heavy atom. The van der Waals surface area contributed by atoms with Crippen LogP contribution in [0.5, 0.6) is 0 Å². The minimum absolute atomic E-state index is 0.0489. The number of benzene rings is 1. The molecular weight excluding hydrogens is 354 g/mol. The highest BCUT2D eigenvalue weighted by Gasteiger charge is 2.21. The van der Waals surface area contributed by atoms with E-state index >= 15 is 0 Å². The van der Waals surface area contributed by atoms with Gasteiger partial charge in [0.1, 0.15) is 0 Å². The third-order valence-corrected chi connectivity index (χ3v) is 6.42. The van der Waals surface area contributed by atoms with Crippen LogP contribution in [0.1, 0.15) is 56.4 Å². The van der Waals surface area contributed by atoms with E-state index in [2.05, 4.69) is 15.5 Å². The Kier molecular flexibility index (Phi) is 5.70. The van der Waals surface area contributed by atoms with Crippen molar-refractivity contribution < 1.29 is 17.6 Å². The average molecular weight is 377 g/mol. The van der Waals surface area contributed by atoms with Crippen LogP contribution in [0.2, 0.25) is 0 Å². The van der Waals surface area contributed by atoms with E-state index in [4.69, 9.17) is 4.42 Å². The third-order valence-electron chi connectivity index (χ3n) is 4.67. The maximum absolute atomic E-state index is 12.1. The number of aromatic nitrogens is 2. The Balaban J connectivity index is 1.58. The van der Waals surface area contributed by atoms with Crippen molar-refractivity contribution in [2.45, 2.75) is 56.3 Å². The van der Waals surface area contributed by atoms with Gasteiger partial charge in [0, 0.05) is 5.92 Å². The second-order valence-corrected chi connectivity index (χ2v) is 8.83. The molecule has 8 heteroatoms. The van der Waals surface area contributed by atoms with Gasteiger partial charge in [-0.05, 0) is 30.5 Å². The van der Waals surface area contributed by atoms with Crippen LogP contribution in [0.4, 0.5) is 6.01 Å². The van der Waals surface area contributed by atoms with E-state index in [1.54, 1.807) is 19.1 Å². The zero-order valence-electron chi connectivity index (χ0n) is 14.8. The Morgan fingerprint density at radius 3 is 2.50 bits per heavy atom. The van der Waals surface area contributed by atoms with Gasteiger partial charge in [-0.15, -0.1) is 5.10 Å². The van der Waals surface area contributed by atoms with E-state index in [9.17, 15) is 13.2 Å². The first-order valence-electron chi connectivity index (χ1n) is 8.93. The Labute approximate surface area is 153 Å². The number of anilines is 1. The summed E-state index contributed by atoms with van der Waals surface area (Å²) in [4.78, 5) is 12.4. The summed E-state index contributed by atoms with van der Waals surface area (Å²) in [6, 6.07) is 6.44. The van der Waals surface area contributed by atoms with Crippen LogP contribution >= 0.6 is 0 Å². The molecule has 1 aromatic carbocycles. The van der Waals surface area contributed by atoms with Gasteiger partial charge in [-0.1, -0.05) is 43.4 Å². The lowest BCUT2D eigenvalue weighted by Gasteiger charge is -2.17. The number of hydrogen-bond donors (Lipinski definition) is 1. The van der Waals surface area contributed by atoms with Crippen LogP contribution in [0, 0.1) is 0 Å². The topological polar surface area (TPSA) is 102 Å². The summed E-state index contributed by atoms with van der Waals surface area (Å²) in [5, 5.41) is 10.6. The number of amides is 1. The monoisotopic (exact) mass is 377 g/mol. The van der Waals surface area contributed by atoms with Gasteiger partial charge in [-0.25, -0.2) is 8.42 Å². The van der Waals surface area contributed by atoms with Crippen LogP contribution in [0.25, 0.3) is 0 Å². The maximum Gasteiger partial charge on any atom is 0.322 e. The van der Waals surface area contributed by atoms with Gasteiger partial charge < -0.3 is 4.42 Å². The van der Waals surface area contributed by atoms with Crippen molar-refractivity contribution in [2.75, 3.05) is 11.1 Å². The molecule has 1 heterocycles. The van der Waals surface area contributed by atoms with Gasteiger partial charge in [0.15, 0.2) is 9.84 Å². The third kappa shape index (κ3) is 4.49. The maximum atomic E-state index is 12.1. The molecule has 1 saturated carbocycles. The molecule has 2 aromatic rings. The Morgan fingerprint density at radius 1 is 1.15 bits per heavy atom. The standard InChI is InChI=1S/C18H23N3O4S/c1-2-26(23,24)15-10-8-13(9-11-15)12-16(22)19-18-21-20-17(25-18)14-6-4-3-5-7-14/h8-11,14H,2-7,12H2,1H3,(H,19,21,22). The molecular formula is C18H23N3O4S. The molecule has 0 bridgehead atoms. The summed E-state index contributed by atoms with van der Waals surface area (Å²) in [5.74, 6) is 0.645. The van der Waals surface area contributed by atoms with E-state index in [1.807, 2.05) is 0 Å². The zero-order chi connectivity index (χ0) is 18.6. The smallest absolute Gasteiger partial charge is 0.322 e. The lowest BCUT2D eigenvalue weighted by Crippen LogP contribution is -2.14. The molecule has 1 N–H and O–H groups in total. The molecule has 1 aromatic heterocycles. The molecule has 0 spiro atoms. The Hall–Kier alpha value is -2.22. The molecule has 0 unspecified atom stereocenters. The minimum atomic E-state index is -3.23. The molecule has 7 nitrogen and oxygen atoms in total. The SMILES string of the molecule is CCS(=O)(=O)c1ccc(CC(=O)Nc2nnc(C3CCCCC3)o2)cc1. The minimum Gasteiger partial charge on any atom is -0.408 e. The molecule has 0 atom stereocenters. The molecule has 140 valence electrons. The van der Waals surface area contributed by atoms with Crippen molar-refractivity contribution >= 4 is 21.8 Å². The van der Waals surface area contributed by atoms with Crippen LogP contribution in [0.3, 0.4) is 0 Å². The summed E-state index contributed by atoms with van der Waals surface area (Å²) in [7, 11) is -3.23. The van der Waals surface area contributed by atoms with E-state index in [1.165, 1.54) is 31.4 Å². The quantitative estimate of drug-likeness (QED) is 0.830. The highest BCUT2D eigenvalue weighted by atomic mass is 32.2. The zero-order valence-corrected chi connectivity index (χ0v) is 15.6. The first-order valence-corrected chi connectivity index (χ1v) is 10.6. The van der Waals surface area contributed by atoms with E-state index < -0.39 is 9.84 Å². The van der Waals surface area contributed by atoms with E-state index in [0.717, 1.165) is 12.8 Å². The van der Waals surface area contributed by atoms with Crippen LogP contribution in [-0.2, 0) is 21.1 Å². The number of sulfone groups is 1. The molecule has 0 saturated heterocycles. The number of carbonyl (C=O) groups excluding carboxylic acids is 1. The van der Waals surface area contributed by atoms with Gasteiger partial charge in [-0.2, -0.15) is 0 Å². The highest BCUT2D eigenvalue weighted by molar-refractivity contribution is 7.91. The molecule has 1 aliphatic carbocycles. The van der Waals surface area contributed by atoms with Crippen LogP contribution < -0.4 is 5.32 Å². The van der Waals surface area contributed by atoms with Gasteiger partial charge >= 0.3 is 6.01 Å². The summed E-state index contributed by atoms with van der Waals surface area (Å²) >= 11 is 0. The van der Waals surface area contributed by atoms with Crippen molar-refractivity contribution in [2.24, 2.45) is 0 Å². The van der Waals surface area contributed by atoms with Crippen molar-refractivity contribution in [3.05, 3.63) is 35.7 Å². The van der Waals surface area contributed by atoms with Crippen molar-refractivity contribution in [3.63, 3.8) is 0 Å². The summed E-state index contributed by atoms with van der Waals surface area (Å²) in [5.41, 5.74) is 0.713. The normalized spacial score (nSPS) is 15.7. The predicted molar refractivity (Wildman–Crippen MR) is 96.6 cm³/mol. The Bertz CT molecular complexity index is 853. The number of nitrogens with one attached hydrogen (secondary N) is 1. The van der Waals surface area contributed by atoms with Crippen molar-refractivity contribution in [1.82, 2.24) is 10.2 Å². The molecule has 1 fully saturated rings. The number of hydrogen-bond acceptors (Lipinski definition) is 6. The predicted octanol–water partition coefficient (Wildman–Crippen LogP) is 3.09. The summed E-state index contributed by atoms with van der Waals surface area (Å²) < 4.78 is 29.2. The number of carbonyl (C=O) groups is 1. The largest absolute Gasteiger partial charge is 0.408 e. The fraction of sp³-hybridized carbons (Fsp3) is 0.500. The fourth-order valence-corrected chi connectivity index (χ4v) is 4.01. The molecule has 1 aliphatic rings. The molecule has 0 radical (unpaired) electrons. The van der Waals surface area contributed by atoms with Gasteiger partial charge in [0.2, 0.25) is 11.8 Å². The van der Waals surface area contributed by atoms with Gasteiger partial charge in [-0.3, -0.25) is 10.1 Å². The molecule has 3 rings (SSSR count). The molecule has 0 aliphatic heterocycles. The van der Waals surface area contributed by atoms with Crippen molar-refractivity contribution in [1.29, 1.82) is 0 Å². The van der Waals surface area contributed by atoms with Crippen LogP contribution in [-0.4, -0.2) is 30.3 Å². The summed E-state index contributed by atoms with van der Waals surface area (Å²) in [6.45, 7) is 1.60. The second kappa shape index (κ2) is 7.99. The molecule has 26 heavy (non-hydrogen) atoms. The van der Waals surface area contributed by atoms with E-state index in [0.29, 0.717) is 11.5 Å². The lowest BCUT2D eigenvalue weighted by atomic mass is 9.89. The van der Waals surface area contributed by atoms with Gasteiger partial charge in [0.05, 0.1) is 17.1 Å². The van der Waals surface area contributed by atoms with Crippen LogP contribution in [0.15, 0.2) is 33.6 Å². The molecule has 1 amide bonds. The number of nitrogens with zero attached hydrogens (tertiary/aromatic N) is 2. The first kappa shape index (κ1) is 18.6. The number of rotatable bonds is 6. The average Bonchev–Trinajstić information content (AvgIpc) is 3.11.